The van der Waals surface area contributed by atoms with E-state index in [0.717, 1.165) is 40.4 Å². The van der Waals surface area contributed by atoms with Crippen molar-refractivity contribution in [3.05, 3.63) is 28.8 Å². The van der Waals surface area contributed by atoms with E-state index >= 15 is 0 Å². The molecule has 9 heteroatoms. The second-order valence-corrected chi connectivity index (χ2v) is 7.23. The van der Waals surface area contributed by atoms with Gasteiger partial charge < -0.3 is 29.7 Å². The monoisotopic (exact) mass is 421 g/mol. The van der Waals surface area contributed by atoms with Gasteiger partial charge in [0, 0.05) is 50.3 Å². The van der Waals surface area contributed by atoms with Crippen molar-refractivity contribution in [3.8, 4) is 17.2 Å². The van der Waals surface area contributed by atoms with Crippen LogP contribution < -0.4 is 29.7 Å². The third-order valence-electron chi connectivity index (χ3n) is 4.15. The van der Waals surface area contributed by atoms with E-state index < -0.39 is 0 Å². The van der Waals surface area contributed by atoms with E-state index in [4.69, 9.17) is 14.2 Å². The first kappa shape index (κ1) is 22.6. The number of anilines is 1. The van der Waals surface area contributed by atoms with Crippen molar-refractivity contribution in [3.63, 3.8) is 0 Å². The molecule has 0 unspecified atom stereocenters. The van der Waals surface area contributed by atoms with Crippen LogP contribution in [-0.2, 0) is 13.0 Å². The minimum atomic E-state index is 0.523. The Morgan fingerprint density at radius 3 is 2.31 bits per heavy atom. The topological polar surface area (TPSA) is 80.2 Å². The largest absolute Gasteiger partial charge is 0.496 e. The van der Waals surface area contributed by atoms with Crippen molar-refractivity contribution in [2.24, 2.45) is 4.99 Å². The zero-order valence-electron chi connectivity index (χ0n) is 18.0. The Kier molecular flexibility index (Phi) is 8.85. The van der Waals surface area contributed by atoms with Crippen LogP contribution in [0.2, 0.25) is 0 Å². The summed E-state index contributed by atoms with van der Waals surface area (Å²) < 4.78 is 16.3. The molecule has 2 rings (SSSR count). The van der Waals surface area contributed by atoms with Gasteiger partial charge in [-0.2, -0.15) is 0 Å². The third kappa shape index (κ3) is 6.42. The molecule has 0 spiro atoms. The predicted octanol–water partition coefficient (Wildman–Crippen LogP) is 2.53. The number of methoxy groups -OCH3 is 3. The molecule has 0 radical (unpaired) electrons. The lowest BCUT2D eigenvalue weighted by molar-refractivity contribution is 0.368. The summed E-state index contributed by atoms with van der Waals surface area (Å²) in [6.07, 6.45) is 0.711. The lowest BCUT2D eigenvalue weighted by Crippen LogP contribution is -2.38. The standard InChI is InChI=1S/C20H31N5O3S/c1-7-21-19(23-12-14-13-29-20(24-14)25(2)3)22-9-8-16-17(27-5)10-15(26-4)11-18(16)28-6/h10-11,13H,7-9,12H2,1-6H3,(H2,21,22,23). The SMILES string of the molecule is CCNC(=NCc1csc(N(C)C)n1)NCCc1c(OC)cc(OC)cc1OC. The average molecular weight is 422 g/mol. The van der Waals surface area contributed by atoms with E-state index in [2.05, 4.69) is 20.6 Å². The van der Waals surface area contributed by atoms with Crippen LogP contribution in [0.5, 0.6) is 17.2 Å². The molecule has 0 aliphatic rings. The Morgan fingerprint density at radius 1 is 1.10 bits per heavy atom. The lowest BCUT2D eigenvalue weighted by atomic mass is 10.1. The molecule has 1 aromatic carbocycles. The van der Waals surface area contributed by atoms with Gasteiger partial charge in [-0.25, -0.2) is 9.98 Å². The van der Waals surface area contributed by atoms with Crippen molar-refractivity contribution in [1.29, 1.82) is 0 Å². The number of thiazole rings is 1. The summed E-state index contributed by atoms with van der Waals surface area (Å²) in [5, 5.41) is 9.64. The number of guanidine groups is 1. The molecule has 0 bridgehead atoms. The molecular formula is C20H31N5O3S. The number of aliphatic imine (C=N–C) groups is 1. The predicted molar refractivity (Wildman–Crippen MR) is 119 cm³/mol. The van der Waals surface area contributed by atoms with Gasteiger partial charge in [-0.05, 0) is 13.3 Å². The number of rotatable bonds is 10. The molecule has 2 aromatic rings. The summed E-state index contributed by atoms with van der Waals surface area (Å²) in [6, 6.07) is 3.73. The van der Waals surface area contributed by atoms with Crippen LogP contribution in [0.1, 0.15) is 18.2 Å². The highest BCUT2D eigenvalue weighted by atomic mass is 32.1. The maximum atomic E-state index is 5.52. The summed E-state index contributed by atoms with van der Waals surface area (Å²) in [6.45, 7) is 4.01. The molecule has 0 fully saturated rings. The molecule has 0 aliphatic heterocycles. The van der Waals surface area contributed by atoms with E-state index in [9.17, 15) is 0 Å². The van der Waals surface area contributed by atoms with Crippen LogP contribution >= 0.6 is 11.3 Å². The number of nitrogens with one attached hydrogen (secondary N) is 2. The number of hydrogen-bond acceptors (Lipinski definition) is 7. The molecule has 0 saturated carbocycles. The minimum absolute atomic E-state index is 0.523. The molecular weight excluding hydrogens is 390 g/mol. The van der Waals surface area contributed by atoms with E-state index in [1.807, 2.05) is 43.4 Å². The summed E-state index contributed by atoms with van der Waals surface area (Å²) >= 11 is 1.62. The van der Waals surface area contributed by atoms with Gasteiger partial charge in [0.15, 0.2) is 11.1 Å². The smallest absolute Gasteiger partial charge is 0.191 e. The molecule has 29 heavy (non-hydrogen) atoms. The van der Waals surface area contributed by atoms with Crippen molar-refractivity contribution in [2.45, 2.75) is 19.9 Å². The van der Waals surface area contributed by atoms with Crippen LogP contribution in [0.15, 0.2) is 22.5 Å². The molecule has 160 valence electrons. The van der Waals surface area contributed by atoms with Crippen molar-refractivity contribution < 1.29 is 14.2 Å². The molecule has 0 aliphatic carbocycles. The number of nitrogens with zero attached hydrogens (tertiary/aromatic N) is 3. The van der Waals surface area contributed by atoms with E-state index in [-0.39, 0.29) is 0 Å². The number of benzene rings is 1. The molecule has 1 aromatic heterocycles. The summed E-state index contributed by atoms with van der Waals surface area (Å²) in [7, 11) is 8.88. The highest BCUT2D eigenvalue weighted by Crippen LogP contribution is 2.34. The molecule has 0 saturated heterocycles. The van der Waals surface area contributed by atoms with Gasteiger partial charge in [-0.15, -0.1) is 11.3 Å². The Morgan fingerprint density at radius 2 is 1.79 bits per heavy atom. The molecule has 8 nitrogen and oxygen atoms in total. The van der Waals surface area contributed by atoms with Crippen molar-refractivity contribution in [1.82, 2.24) is 15.6 Å². The van der Waals surface area contributed by atoms with Crippen LogP contribution in [0.3, 0.4) is 0 Å². The van der Waals surface area contributed by atoms with Gasteiger partial charge in [0.2, 0.25) is 0 Å². The second-order valence-electron chi connectivity index (χ2n) is 6.40. The summed E-state index contributed by atoms with van der Waals surface area (Å²) in [5.74, 6) is 2.93. The fourth-order valence-electron chi connectivity index (χ4n) is 2.71. The highest BCUT2D eigenvalue weighted by Gasteiger charge is 2.13. The fraction of sp³-hybridized carbons (Fsp3) is 0.500. The average Bonchev–Trinajstić information content (AvgIpc) is 3.21. The zero-order chi connectivity index (χ0) is 21.2. The van der Waals surface area contributed by atoms with Crippen LogP contribution in [0, 0.1) is 0 Å². The number of aromatic nitrogens is 1. The minimum Gasteiger partial charge on any atom is -0.496 e. The van der Waals surface area contributed by atoms with Crippen LogP contribution in [0.25, 0.3) is 0 Å². The van der Waals surface area contributed by atoms with E-state index in [1.165, 1.54) is 0 Å². The van der Waals surface area contributed by atoms with Gasteiger partial charge in [0.25, 0.3) is 0 Å². The van der Waals surface area contributed by atoms with Gasteiger partial charge >= 0.3 is 0 Å². The molecule has 2 N–H and O–H groups in total. The Labute approximate surface area is 176 Å². The molecule has 0 atom stereocenters. The van der Waals surface area contributed by atoms with E-state index in [0.29, 0.717) is 25.3 Å². The number of ether oxygens (including phenoxy) is 3. The maximum Gasteiger partial charge on any atom is 0.191 e. The van der Waals surface area contributed by atoms with Crippen molar-refractivity contribution >= 4 is 22.4 Å². The van der Waals surface area contributed by atoms with Crippen LogP contribution in [-0.4, -0.2) is 59.5 Å². The maximum absolute atomic E-state index is 5.52. The first-order valence-corrected chi connectivity index (χ1v) is 10.3. The number of hydrogen-bond donors (Lipinski definition) is 2. The first-order chi connectivity index (χ1) is 14.0. The quantitative estimate of drug-likeness (QED) is 0.451. The third-order valence-corrected chi connectivity index (χ3v) is 5.21. The Hall–Kier alpha value is -2.68. The summed E-state index contributed by atoms with van der Waals surface area (Å²) in [4.78, 5) is 11.2. The molecule has 0 amide bonds. The molecule has 1 heterocycles. The summed E-state index contributed by atoms with van der Waals surface area (Å²) in [5.41, 5.74) is 1.93. The van der Waals surface area contributed by atoms with E-state index in [1.54, 1.807) is 32.7 Å². The second kappa shape index (κ2) is 11.4. The van der Waals surface area contributed by atoms with Gasteiger partial charge in [-0.1, -0.05) is 0 Å². The van der Waals surface area contributed by atoms with Crippen LogP contribution in [0.4, 0.5) is 5.13 Å². The lowest BCUT2D eigenvalue weighted by Gasteiger charge is -2.16. The Bertz CT molecular complexity index is 782. The van der Waals surface area contributed by atoms with Gasteiger partial charge in [0.05, 0.1) is 33.6 Å². The fourth-order valence-corrected chi connectivity index (χ4v) is 3.46. The first-order valence-electron chi connectivity index (χ1n) is 9.45. The highest BCUT2D eigenvalue weighted by molar-refractivity contribution is 7.13. The zero-order valence-corrected chi connectivity index (χ0v) is 18.9. The normalized spacial score (nSPS) is 11.2. The Balaban J connectivity index is 2.03. The van der Waals surface area contributed by atoms with Gasteiger partial charge in [0.1, 0.15) is 17.2 Å². The van der Waals surface area contributed by atoms with Gasteiger partial charge in [-0.3, -0.25) is 0 Å². The van der Waals surface area contributed by atoms with Crippen molar-refractivity contribution in [2.75, 3.05) is 53.4 Å².